The highest BCUT2D eigenvalue weighted by atomic mass is 16.5. The summed E-state index contributed by atoms with van der Waals surface area (Å²) in [6.45, 7) is 1.05. The first-order chi connectivity index (χ1) is 12.7. The van der Waals surface area contributed by atoms with Gasteiger partial charge >= 0.3 is 5.76 Å². The van der Waals surface area contributed by atoms with Crippen LogP contribution in [0.1, 0.15) is 12.8 Å². The molecule has 0 saturated carbocycles. The topological polar surface area (TPSA) is 90.5 Å². The van der Waals surface area contributed by atoms with Crippen LogP contribution in [0.5, 0.6) is 5.88 Å². The number of amides is 1. The van der Waals surface area contributed by atoms with E-state index in [-0.39, 0.29) is 18.6 Å². The van der Waals surface area contributed by atoms with Crippen molar-refractivity contribution in [1.82, 2.24) is 19.4 Å². The number of fused-ring (bicyclic) bond motifs is 1. The van der Waals surface area contributed by atoms with Gasteiger partial charge in [0, 0.05) is 18.9 Å². The number of benzene rings is 1. The number of likely N-dealkylation sites (tertiary alicyclic amines) is 1. The molecule has 1 saturated heterocycles. The number of carbonyl (C=O) groups is 1. The average Bonchev–Trinajstić information content (AvgIpc) is 2.98. The van der Waals surface area contributed by atoms with Gasteiger partial charge in [-0.05, 0) is 25.0 Å². The van der Waals surface area contributed by atoms with Crippen LogP contribution in [-0.2, 0) is 11.3 Å². The first-order valence-electron chi connectivity index (χ1n) is 8.49. The third-order valence-corrected chi connectivity index (χ3v) is 4.42. The molecule has 0 bridgehead atoms. The SMILES string of the molecule is O=C(Cn1c(=O)oc2ccccc21)N1CCCC(Oc2cnccn2)C1. The maximum absolute atomic E-state index is 12.7. The molecule has 0 spiro atoms. The van der Waals surface area contributed by atoms with E-state index in [1.807, 2.05) is 6.07 Å². The molecule has 8 heteroatoms. The number of ether oxygens (including phenoxy) is 1. The number of hydrogen-bond acceptors (Lipinski definition) is 6. The van der Waals surface area contributed by atoms with Crippen LogP contribution in [0.3, 0.4) is 0 Å². The van der Waals surface area contributed by atoms with Crippen LogP contribution in [0, 0.1) is 0 Å². The maximum Gasteiger partial charge on any atom is 0.420 e. The van der Waals surface area contributed by atoms with Crippen molar-refractivity contribution < 1.29 is 13.9 Å². The van der Waals surface area contributed by atoms with Crippen molar-refractivity contribution >= 4 is 17.0 Å². The molecule has 1 aliphatic rings. The van der Waals surface area contributed by atoms with Gasteiger partial charge in [0.05, 0.1) is 18.3 Å². The molecule has 1 fully saturated rings. The predicted molar refractivity (Wildman–Crippen MR) is 92.7 cm³/mol. The van der Waals surface area contributed by atoms with Crippen molar-refractivity contribution in [2.45, 2.75) is 25.5 Å². The summed E-state index contributed by atoms with van der Waals surface area (Å²) in [4.78, 5) is 34.5. The second kappa shape index (κ2) is 6.99. The zero-order valence-corrected chi connectivity index (χ0v) is 14.1. The number of aromatic nitrogens is 3. The molecule has 3 aromatic rings. The molecule has 0 aliphatic carbocycles. The van der Waals surface area contributed by atoms with Crippen molar-refractivity contribution in [1.29, 1.82) is 0 Å². The minimum absolute atomic E-state index is 0.0479. The van der Waals surface area contributed by atoms with Gasteiger partial charge in [-0.3, -0.25) is 14.3 Å². The van der Waals surface area contributed by atoms with Crippen LogP contribution >= 0.6 is 0 Å². The zero-order valence-electron chi connectivity index (χ0n) is 14.1. The number of oxazole rings is 1. The molecule has 8 nitrogen and oxygen atoms in total. The third kappa shape index (κ3) is 3.30. The Kier molecular flexibility index (Phi) is 4.39. The van der Waals surface area contributed by atoms with Crippen LogP contribution in [0.25, 0.3) is 11.1 Å². The summed E-state index contributed by atoms with van der Waals surface area (Å²) in [5.41, 5.74) is 1.10. The van der Waals surface area contributed by atoms with Gasteiger partial charge in [0.25, 0.3) is 0 Å². The molecule has 3 heterocycles. The average molecular weight is 354 g/mol. The van der Waals surface area contributed by atoms with Gasteiger partial charge in [0.2, 0.25) is 11.8 Å². The number of piperidine rings is 1. The lowest BCUT2D eigenvalue weighted by Crippen LogP contribution is -2.46. The summed E-state index contributed by atoms with van der Waals surface area (Å²) in [6, 6.07) is 7.08. The van der Waals surface area contributed by atoms with E-state index in [9.17, 15) is 9.59 Å². The van der Waals surface area contributed by atoms with E-state index in [4.69, 9.17) is 9.15 Å². The lowest BCUT2D eigenvalue weighted by Gasteiger charge is -2.32. The fourth-order valence-electron chi connectivity index (χ4n) is 3.18. The van der Waals surface area contributed by atoms with E-state index >= 15 is 0 Å². The number of nitrogens with zero attached hydrogens (tertiary/aromatic N) is 4. The summed E-state index contributed by atoms with van der Waals surface area (Å²) in [7, 11) is 0. The Morgan fingerprint density at radius 2 is 2.19 bits per heavy atom. The smallest absolute Gasteiger partial charge is 0.420 e. The van der Waals surface area contributed by atoms with Crippen LogP contribution in [0.2, 0.25) is 0 Å². The zero-order chi connectivity index (χ0) is 17.9. The molecule has 1 amide bonds. The first kappa shape index (κ1) is 16.3. The molecular weight excluding hydrogens is 336 g/mol. The Hall–Kier alpha value is -3.16. The normalized spacial score (nSPS) is 17.4. The molecule has 1 aromatic carbocycles. The lowest BCUT2D eigenvalue weighted by atomic mass is 10.1. The number of rotatable bonds is 4. The highest BCUT2D eigenvalue weighted by molar-refractivity contribution is 5.79. The van der Waals surface area contributed by atoms with Gasteiger partial charge in [0.15, 0.2) is 5.58 Å². The van der Waals surface area contributed by atoms with Crippen molar-refractivity contribution in [3.63, 3.8) is 0 Å². The van der Waals surface area contributed by atoms with Crippen molar-refractivity contribution in [3.8, 4) is 5.88 Å². The van der Waals surface area contributed by atoms with Crippen molar-refractivity contribution in [3.05, 3.63) is 53.4 Å². The molecule has 26 heavy (non-hydrogen) atoms. The van der Waals surface area contributed by atoms with Gasteiger partial charge in [-0.2, -0.15) is 0 Å². The molecule has 1 unspecified atom stereocenters. The summed E-state index contributed by atoms with van der Waals surface area (Å²) >= 11 is 0. The van der Waals surface area contributed by atoms with Gasteiger partial charge < -0.3 is 14.1 Å². The van der Waals surface area contributed by atoms with Gasteiger partial charge in [-0.15, -0.1) is 0 Å². The molecule has 0 N–H and O–H groups in total. The highest BCUT2D eigenvalue weighted by Crippen LogP contribution is 2.17. The van der Waals surface area contributed by atoms with E-state index < -0.39 is 5.76 Å². The fourth-order valence-corrected chi connectivity index (χ4v) is 3.18. The van der Waals surface area contributed by atoms with Crippen molar-refractivity contribution in [2.24, 2.45) is 0 Å². The Morgan fingerprint density at radius 3 is 3.04 bits per heavy atom. The Morgan fingerprint density at radius 1 is 1.31 bits per heavy atom. The molecule has 2 aromatic heterocycles. The quantitative estimate of drug-likeness (QED) is 0.704. The summed E-state index contributed by atoms with van der Waals surface area (Å²) in [5.74, 6) is -0.209. The van der Waals surface area contributed by atoms with Crippen LogP contribution < -0.4 is 10.5 Å². The largest absolute Gasteiger partial charge is 0.471 e. The van der Waals surface area contributed by atoms with Gasteiger partial charge in [-0.1, -0.05) is 12.1 Å². The summed E-state index contributed by atoms with van der Waals surface area (Å²) < 4.78 is 12.4. The van der Waals surface area contributed by atoms with E-state index in [1.165, 1.54) is 4.57 Å². The van der Waals surface area contributed by atoms with Crippen LogP contribution in [-0.4, -0.2) is 44.5 Å². The number of hydrogen-bond donors (Lipinski definition) is 0. The predicted octanol–water partition coefficient (Wildman–Crippen LogP) is 1.45. The van der Waals surface area contributed by atoms with E-state index in [0.717, 1.165) is 12.8 Å². The standard InChI is InChI=1S/C18H18N4O4/c23-17(12-22-14-5-1-2-6-15(14)26-18(22)24)21-9-3-4-13(11-21)25-16-10-19-7-8-20-16/h1-2,5-8,10,13H,3-4,9,11-12H2. The highest BCUT2D eigenvalue weighted by Gasteiger charge is 2.26. The first-order valence-corrected chi connectivity index (χ1v) is 8.49. The van der Waals surface area contributed by atoms with E-state index in [2.05, 4.69) is 9.97 Å². The Bertz CT molecular complexity index is 966. The molecule has 1 aliphatic heterocycles. The molecular formula is C18H18N4O4. The maximum atomic E-state index is 12.7. The van der Waals surface area contributed by atoms with Gasteiger partial charge in [0.1, 0.15) is 12.6 Å². The minimum atomic E-state index is -0.524. The van der Waals surface area contributed by atoms with E-state index in [1.54, 1.807) is 41.7 Å². The van der Waals surface area contributed by atoms with Crippen LogP contribution in [0.4, 0.5) is 0 Å². The van der Waals surface area contributed by atoms with Crippen molar-refractivity contribution in [2.75, 3.05) is 13.1 Å². The number of carbonyl (C=O) groups excluding carboxylic acids is 1. The molecule has 0 radical (unpaired) electrons. The fraction of sp³-hybridized carbons (Fsp3) is 0.333. The lowest BCUT2D eigenvalue weighted by molar-refractivity contribution is -0.134. The second-order valence-corrected chi connectivity index (χ2v) is 6.19. The van der Waals surface area contributed by atoms with Gasteiger partial charge in [-0.25, -0.2) is 9.78 Å². The third-order valence-electron chi connectivity index (χ3n) is 4.42. The van der Waals surface area contributed by atoms with Crippen LogP contribution in [0.15, 0.2) is 52.1 Å². The summed E-state index contributed by atoms with van der Waals surface area (Å²) in [6.07, 6.45) is 6.24. The Labute approximate surface area is 149 Å². The van der Waals surface area contributed by atoms with E-state index in [0.29, 0.717) is 30.1 Å². The molecule has 4 rings (SSSR count). The summed E-state index contributed by atoms with van der Waals surface area (Å²) in [5, 5.41) is 0. The number of para-hydroxylation sites is 2. The monoisotopic (exact) mass is 354 g/mol. The minimum Gasteiger partial charge on any atom is -0.471 e. The Balaban J connectivity index is 1.46. The second-order valence-electron chi connectivity index (χ2n) is 6.19. The molecule has 134 valence electrons. The molecule has 1 atom stereocenters.